The second kappa shape index (κ2) is 4.89. The molecule has 0 aromatic carbocycles. The van der Waals surface area contributed by atoms with Gasteiger partial charge in [-0.2, -0.15) is 20.8 Å². The molecule has 0 radical (unpaired) electrons. The van der Waals surface area contributed by atoms with Crippen molar-refractivity contribution in [2.75, 3.05) is 0 Å². The molecular formula is C11H18N4. The fraction of sp³-hybridized carbons (Fsp3) is 0.818. The summed E-state index contributed by atoms with van der Waals surface area (Å²) in [5.74, 6) is 0.374. The van der Waals surface area contributed by atoms with Crippen LogP contribution in [0.3, 0.4) is 0 Å². The molecule has 0 rings (SSSR count). The maximum Gasteiger partial charge on any atom is 0.165 e. The topological polar surface area (TPSA) is 72.3 Å². The highest BCUT2D eigenvalue weighted by atomic mass is 15.2. The predicted molar refractivity (Wildman–Crippen MR) is 58.0 cm³/mol. The average molecular weight is 206 g/mol. The molecule has 1 atom stereocenters. The summed E-state index contributed by atoms with van der Waals surface area (Å²) in [5.41, 5.74) is -1.67. The molecule has 0 bridgehead atoms. The number of nitrogens with zero attached hydrogens (tertiary/aromatic N) is 4. The Bertz CT molecular complexity index is 316. The zero-order chi connectivity index (χ0) is 12.1. The molecule has 0 heterocycles. The van der Waals surface area contributed by atoms with Gasteiger partial charge in [-0.15, -0.1) is 0 Å². The number of hydrogen-bond donors (Lipinski definition) is 0. The summed E-state index contributed by atoms with van der Waals surface area (Å²) in [7, 11) is 0. The van der Waals surface area contributed by atoms with E-state index in [1.165, 1.54) is 0 Å². The van der Waals surface area contributed by atoms with Gasteiger partial charge in [-0.3, -0.25) is 0 Å². The lowest BCUT2D eigenvalue weighted by Gasteiger charge is -2.18. The maximum absolute atomic E-state index is 9.02. The fourth-order valence-electron chi connectivity index (χ4n) is 1.16. The molecule has 4 nitrogen and oxygen atoms in total. The van der Waals surface area contributed by atoms with E-state index in [-0.39, 0.29) is 0 Å². The second-order valence-electron chi connectivity index (χ2n) is 4.85. The summed E-state index contributed by atoms with van der Waals surface area (Å²) >= 11 is 0. The standard InChI is InChI=1S/C11H18N4/c1-9(2)6-11(5,8-13)15-14-10(3,4)7-12/h9H,6H2,1-5H3. The normalized spacial score (nSPS) is 16.0. The van der Waals surface area contributed by atoms with Gasteiger partial charge < -0.3 is 0 Å². The van der Waals surface area contributed by atoms with E-state index in [0.29, 0.717) is 12.3 Å². The molecule has 0 aliphatic carbocycles. The molecule has 4 heteroatoms. The first-order valence-corrected chi connectivity index (χ1v) is 5.01. The van der Waals surface area contributed by atoms with E-state index in [1.54, 1.807) is 20.8 Å². The average Bonchev–Trinajstić information content (AvgIpc) is 2.14. The Morgan fingerprint density at radius 1 is 1.07 bits per heavy atom. The Hall–Kier alpha value is -1.42. The monoisotopic (exact) mass is 206 g/mol. The van der Waals surface area contributed by atoms with Crippen molar-refractivity contribution < 1.29 is 0 Å². The zero-order valence-electron chi connectivity index (χ0n) is 10.1. The summed E-state index contributed by atoms with van der Waals surface area (Å²) in [6.07, 6.45) is 0.647. The quantitative estimate of drug-likeness (QED) is 0.663. The smallest absolute Gasteiger partial charge is 0.165 e. The molecule has 0 aromatic heterocycles. The van der Waals surface area contributed by atoms with Crippen molar-refractivity contribution in [3.63, 3.8) is 0 Å². The highest BCUT2D eigenvalue weighted by molar-refractivity contribution is 5.06. The second-order valence-corrected chi connectivity index (χ2v) is 4.85. The van der Waals surface area contributed by atoms with E-state index in [4.69, 9.17) is 10.5 Å². The van der Waals surface area contributed by atoms with E-state index in [2.05, 4.69) is 16.3 Å². The number of azo groups is 1. The number of nitriles is 2. The molecule has 0 N–H and O–H groups in total. The van der Waals surface area contributed by atoms with Crippen molar-refractivity contribution in [2.45, 2.75) is 52.1 Å². The predicted octanol–water partition coefficient (Wildman–Crippen LogP) is 3.07. The molecule has 0 aromatic rings. The highest BCUT2D eigenvalue weighted by Gasteiger charge is 2.26. The van der Waals surface area contributed by atoms with Gasteiger partial charge in [0.1, 0.15) is 0 Å². The summed E-state index contributed by atoms with van der Waals surface area (Å²) in [6, 6.07) is 4.16. The Labute approximate surface area is 91.6 Å². The Morgan fingerprint density at radius 3 is 1.93 bits per heavy atom. The minimum Gasteiger partial charge on any atom is -0.196 e. The van der Waals surface area contributed by atoms with Crippen LogP contribution in [0, 0.1) is 28.6 Å². The van der Waals surface area contributed by atoms with Crippen LogP contribution < -0.4 is 0 Å². The van der Waals surface area contributed by atoms with Gasteiger partial charge in [0.05, 0.1) is 12.1 Å². The van der Waals surface area contributed by atoms with Gasteiger partial charge in [-0.1, -0.05) is 13.8 Å². The van der Waals surface area contributed by atoms with E-state index < -0.39 is 11.1 Å². The van der Waals surface area contributed by atoms with Crippen LogP contribution in [0.15, 0.2) is 10.2 Å². The molecule has 0 fully saturated rings. The molecule has 15 heavy (non-hydrogen) atoms. The SMILES string of the molecule is CC(C)CC(C)(C#N)N=NC(C)(C)C#N. The minimum absolute atomic E-state index is 0.374. The van der Waals surface area contributed by atoms with E-state index in [9.17, 15) is 0 Å². The lowest BCUT2D eigenvalue weighted by molar-refractivity contribution is 0.417. The first-order valence-electron chi connectivity index (χ1n) is 5.01. The molecule has 0 aliphatic rings. The Morgan fingerprint density at radius 2 is 1.60 bits per heavy atom. The molecule has 82 valence electrons. The highest BCUT2D eigenvalue weighted by Crippen LogP contribution is 2.22. The van der Waals surface area contributed by atoms with E-state index >= 15 is 0 Å². The van der Waals surface area contributed by atoms with Gasteiger partial charge in [0.15, 0.2) is 11.1 Å². The van der Waals surface area contributed by atoms with E-state index in [1.807, 2.05) is 19.9 Å². The van der Waals surface area contributed by atoms with Crippen molar-refractivity contribution >= 4 is 0 Å². The lowest BCUT2D eigenvalue weighted by atomic mass is 9.93. The van der Waals surface area contributed by atoms with Crippen LogP contribution in [0.2, 0.25) is 0 Å². The fourth-order valence-corrected chi connectivity index (χ4v) is 1.16. The maximum atomic E-state index is 9.02. The van der Waals surface area contributed by atoms with Crippen LogP contribution in [0.4, 0.5) is 0 Å². The minimum atomic E-state index is -0.852. The van der Waals surface area contributed by atoms with Crippen molar-refractivity contribution in [1.29, 1.82) is 10.5 Å². The largest absolute Gasteiger partial charge is 0.196 e. The van der Waals surface area contributed by atoms with Crippen molar-refractivity contribution in [3.8, 4) is 12.1 Å². The van der Waals surface area contributed by atoms with Gasteiger partial charge in [-0.25, -0.2) is 0 Å². The molecule has 1 unspecified atom stereocenters. The van der Waals surface area contributed by atoms with E-state index in [0.717, 1.165) is 0 Å². The summed E-state index contributed by atoms with van der Waals surface area (Å²) in [6.45, 7) is 9.14. The third kappa shape index (κ3) is 5.12. The van der Waals surface area contributed by atoms with Crippen LogP contribution in [-0.2, 0) is 0 Å². The molecule has 0 aliphatic heterocycles. The summed E-state index contributed by atoms with van der Waals surface area (Å²) in [5, 5.41) is 25.7. The third-order valence-electron chi connectivity index (χ3n) is 1.84. The van der Waals surface area contributed by atoms with Crippen molar-refractivity contribution in [2.24, 2.45) is 16.1 Å². The number of rotatable bonds is 4. The zero-order valence-corrected chi connectivity index (χ0v) is 10.1. The van der Waals surface area contributed by atoms with Crippen LogP contribution >= 0.6 is 0 Å². The van der Waals surface area contributed by atoms with Gasteiger partial charge in [0.25, 0.3) is 0 Å². The summed E-state index contributed by atoms with van der Waals surface area (Å²) < 4.78 is 0. The number of hydrogen-bond acceptors (Lipinski definition) is 4. The van der Waals surface area contributed by atoms with Crippen LogP contribution in [-0.4, -0.2) is 11.1 Å². The summed E-state index contributed by atoms with van der Waals surface area (Å²) in [4.78, 5) is 0. The molecule has 0 spiro atoms. The van der Waals surface area contributed by atoms with Gasteiger partial charge in [0.2, 0.25) is 0 Å². The van der Waals surface area contributed by atoms with Gasteiger partial charge in [-0.05, 0) is 33.1 Å². The lowest BCUT2D eigenvalue weighted by Crippen LogP contribution is -2.23. The molecular weight excluding hydrogens is 188 g/mol. The van der Waals surface area contributed by atoms with Gasteiger partial charge >= 0.3 is 0 Å². The molecule has 0 saturated heterocycles. The van der Waals surface area contributed by atoms with Gasteiger partial charge in [0, 0.05) is 0 Å². The van der Waals surface area contributed by atoms with Crippen LogP contribution in [0.1, 0.15) is 41.0 Å². The van der Waals surface area contributed by atoms with Crippen molar-refractivity contribution in [3.05, 3.63) is 0 Å². The Balaban J connectivity index is 4.75. The van der Waals surface area contributed by atoms with Crippen LogP contribution in [0.25, 0.3) is 0 Å². The van der Waals surface area contributed by atoms with Crippen LogP contribution in [0.5, 0.6) is 0 Å². The third-order valence-corrected chi connectivity index (χ3v) is 1.84. The molecule has 0 saturated carbocycles. The van der Waals surface area contributed by atoms with Crippen molar-refractivity contribution in [1.82, 2.24) is 0 Å². The molecule has 0 amide bonds. The Kier molecular flexibility index (Phi) is 4.42. The first kappa shape index (κ1) is 13.6. The first-order chi connectivity index (χ1) is 6.74.